The second-order valence-corrected chi connectivity index (χ2v) is 24.3. The molecular formula is C70H59Cl3F4N14O6S4. The molecule has 1 aromatic carbocycles. The Morgan fingerprint density at radius 1 is 0.604 bits per heavy atom. The van der Waals surface area contributed by atoms with E-state index in [0.29, 0.717) is 47.6 Å². The molecule has 7 N–H and O–H groups in total. The third-order valence-electron chi connectivity index (χ3n) is 12.9. The number of benzene rings is 1. The lowest BCUT2D eigenvalue weighted by Gasteiger charge is -2.44. The highest BCUT2D eigenvalue weighted by Crippen LogP contribution is 2.49. The minimum absolute atomic E-state index is 0. The molecule has 518 valence electrons. The Morgan fingerprint density at radius 3 is 1.34 bits per heavy atom. The number of nitrogens with two attached hydrogens (primary N) is 2. The number of carbonyl (C=O) groups is 3. The fraction of sp³-hybridized carbons (Fsp3) is 0.286. The van der Waals surface area contributed by atoms with E-state index < -0.39 is 36.0 Å². The van der Waals surface area contributed by atoms with Crippen LogP contribution in [0.4, 0.5) is 29.2 Å². The van der Waals surface area contributed by atoms with Crippen molar-refractivity contribution in [2.45, 2.75) is 84.3 Å². The molecule has 0 aliphatic carbocycles. The second kappa shape index (κ2) is 44.1. The highest BCUT2D eigenvalue weighted by molar-refractivity contribution is 8.14. The number of rotatable bonds is 9. The molecule has 5 aromatic heterocycles. The molecular weight excluding hydrogens is 1440 g/mol. The Balaban J connectivity index is 0.000000305. The number of aliphatic imine (C=N–C) groups is 2. The Kier molecular flexibility index (Phi) is 36.4. The van der Waals surface area contributed by atoms with Crippen molar-refractivity contribution in [1.82, 2.24) is 39.8 Å². The van der Waals surface area contributed by atoms with Crippen LogP contribution in [-0.4, -0.2) is 107 Å². The van der Waals surface area contributed by atoms with E-state index in [-0.39, 0.29) is 89.5 Å². The van der Waals surface area contributed by atoms with E-state index in [1.54, 1.807) is 61.3 Å². The normalized spacial score (nSPS) is 17.8. The second-order valence-electron chi connectivity index (χ2n) is 19.7. The van der Waals surface area contributed by atoms with Gasteiger partial charge in [0.15, 0.2) is 21.7 Å². The molecule has 6 atom stereocenters. The first-order valence-electron chi connectivity index (χ1n) is 28.7. The summed E-state index contributed by atoms with van der Waals surface area (Å²) in [4.78, 5) is 64.0. The number of anilines is 2. The number of ether oxygens (including phenoxy) is 2. The van der Waals surface area contributed by atoms with Gasteiger partial charge in [-0.1, -0.05) is 90.3 Å². The summed E-state index contributed by atoms with van der Waals surface area (Å²) >= 11 is 17.4. The summed E-state index contributed by atoms with van der Waals surface area (Å²) in [5.41, 5.74) is 4.33. The Morgan fingerprint density at radius 2 is 0.980 bits per heavy atom. The average Bonchev–Trinajstić information content (AvgIpc) is 1.74. The van der Waals surface area contributed by atoms with Crippen LogP contribution in [0.2, 0.25) is 10.0 Å². The van der Waals surface area contributed by atoms with E-state index in [1.165, 1.54) is 53.3 Å². The number of nitrogens with one attached hydrogen (secondary N) is 3. The van der Waals surface area contributed by atoms with Gasteiger partial charge >= 0.3 is 13.1 Å². The van der Waals surface area contributed by atoms with Crippen LogP contribution in [0.5, 0.6) is 0 Å². The summed E-state index contributed by atoms with van der Waals surface area (Å²) < 4.78 is 63.8. The number of hydrogen-bond donors (Lipinski definition) is 5. The van der Waals surface area contributed by atoms with E-state index in [1.807, 2.05) is 38.1 Å². The molecule has 6 aromatic rings. The van der Waals surface area contributed by atoms with Crippen LogP contribution in [0.15, 0.2) is 94.1 Å². The van der Waals surface area contributed by atoms with Gasteiger partial charge in [0.1, 0.15) is 32.7 Å². The molecule has 4 aliphatic rings. The monoisotopic (exact) mass is 1500 g/mol. The number of thiazole rings is 2. The number of pyridine rings is 1. The zero-order valence-corrected chi connectivity index (χ0v) is 58.8. The molecule has 4 aliphatic heterocycles. The molecule has 9 heterocycles. The largest absolute Gasteiger partial charge is 0.379 e. The lowest BCUT2D eigenvalue weighted by molar-refractivity contribution is -0.0467. The van der Waals surface area contributed by atoms with Gasteiger partial charge in [0.2, 0.25) is 0 Å². The molecule has 10 rings (SSSR count). The maximum absolute atomic E-state index is 12.9. The molecule has 0 bridgehead atoms. The molecule has 0 unspecified atom stereocenters. The fourth-order valence-corrected chi connectivity index (χ4v) is 13.2. The van der Waals surface area contributed by atoms with E-state index in [0.717, 1.165) is 31.0 Å². The van der Waals surface area contributed by atoms with Crippen LogP contribution < -0.4 is 27.6 Å². The number of amidine groups is 2. The topological polar surface area (TPSA) is 266 Å². The molecule has 3 amide bonds. The maximum Gasteiger partial charge on any atom is 0.333 e. The van der Waals surface area contributed by atoms with Crippen molar-refractivity contribution in [3.63, 3.8) is 0 Å². The lowest BCUT2D eigenvalue weighted by Crippen LogP contribution is -2.50. The predicted molar refractivity (Wildman–Crippen MR) is 392 cm³/mol. The molecule has 2 fully saturated rings. The van der Waals surface area contributed by atoms with Crippen LogP contribution in [0.1, 0.15) is 102 Å². The van der Waals surface area contributed by atoms with Crippen molar-refractivity contribution in [2.75, 3.05) is 42.5 Å². The summed E-state index contributed by atoms with van der Waals surface area (Å²) in [6.07, 6.45) is 7.02. The summed E-state index contributed by atoms with van der Waals surface area (Å²) in [5.74, 6) is 60.5. The molecule has 0 saturated carbocycles. The van der Waals surface area contributed by atoms with E-state index in [2.05, 4.69) is 187 Å². The van der Waals surface area contributed by atoms with E-state index >= 15 is 0 Å². The van der Waals surface area contributed by atoms with Gasteiger partial charge in [0, 0.05) is 75.7 Å². The van der Waals surface area contributed by atoms with Crippen LogP contribution >= 0.6 is 81.8 Å². The lowest BCUT2D eigenvalue weighted by atomic mass is 9.80. The number of hydrogen-bond acceptors (Lipinski definition) is 19. The van der Waals surface area contributed by atoms with Crippen molar-refractivity contribution < 1.29 is 46.3 Å². The highest BCUT2D eigenvalue weighted by Gasteiger charge is 2.51. The van der Waals surface area contributed by atoms with Crippen molar-refractivity contribution in [3.05, 3.63) is 121 Å². The number of aromatic nitrogens is 7. The number of fused-ring (bicyclic) bond motifs is 2. The van der Waals surface area contributed by atoms with Crippen molar-refractivity contribution in [2.24, 2.45) is 33.5 Å². The molecule has 20 nitrogen and oxygen atoms in total. The molecule has 0 radical (unpaired) electrons. The van der Waals surface area contributed by atoms with Gasteiger partial charge in [-0.2, -0.15) is 27.8 Å². The predicted octanol–water partition coefficient (Wildman–Crippen LogP) is 10.8. The summed E-state index contributed by atoms with van der Waals surface area (Å²) in [6.45, 7) is 2.22. The first-order valence-corrected chi connectivity index (χ1v) is 33.2. The number of nitrogens with zero attached hydrogens (tertiary/aromatic N) is 9. The van der Waals surface area contributed by atoms with Gasteiger partial charge in [-0.25, -0.2) is 35.2 Å². The van der Waals surface area contributed by atoms with Crippen molar-refractivity contribution >= 4 is 121 Å². The Hall–Kier alpha value is -10.1. The molecule has 2 saturated heterocycles. The SMILES string of the molecule is C.CC#CC#CC#CC#CC#CC#CC#CC#CC#CC#CC#CC.CON.C[C@H]1C[C@H]2CSC(N)=N[C@@]2(c2nc(NC(=O)c3nn(C(F)F)cc3Cl)cs2)CO1.C[C@H]1C[C@H]2CSC(NC(=O)c3ccccc3)=N[C@@]2(c2nc(NC(=O)c3nn(C(F)F)cc3Cl)cs2)CO1.Cl.c1ccncc1. The first kappa shape index (κ1) is 83.3. The zero-order chi connectivity index (χ0) is 71.4. The van der Waals surface area contributed by atoms with Crippen molar-refractivity contribution in [1.29, 1.82) is 0 Å². The number of carbonyl (C=O) groups excluding carboxylic acids is 3. The average molecular weight is 1500 g/mol. The number of thioether (sulfide) groups is 2. The summed E-state index contributed by atoms with van der Waals surface area (Å²) in [5, 5.41) is 20.2. The van der Waals surface area contributed by atoms with Crippen LogP contribution in [0, 0.1) is 142 Å². The van der Waals surface area contributed by atoms with Gasteiger partial charge in [-0.05, 0) is 160 Å². The third-order valence-corrected chi connectivity index (χ3v) is 17.5. The third kappa shape index (κ3) is 26.2. The fourth-order valence-electron chi connectivity index (χ4n) is 8.62. The standard InChI is InChI=1S/C24H6.C23H21ClF2N6O3S2.C16H17ClF2N6O2S2.C5H5N.CH5NO.CH4.ClH/c1-3-5-7-9-11-13-15-17-19-21-23-24-22-20-18-16-14-12-10-8-6-4-2;1-12-7-14-9-37-22(29-18(33)13-5-3-2-4-6-13)30-23(14,11-35-12)20-28-16(10-36-20)27-19(34)17-15(24)8-32(31-17)21(25)26;1-7-2-8-4-29-15(20)23-16(8,6-27-7)13-22-10(5-28-13)21-12(26)11-9(17)3-25(24-11)14(18)19;1-2-4-6-5-3-1;1-3-2;;/h1-2H3;2-6,8,10,12,14,21H,7,9,11H2,1H3,(H,27,34)(H,29,30,33);3,5,7-8,14H,2,4,6H2,1H3,(H2,20,23)(H,21,26);1-5H;2H2,1H3;1H4;1H/t;12-,14-,23-;7-,8-,16-;;;;/m.00..../s1. The Bertz CT molecular complexity index is 4550. The number of amides is 3. The maximum atomic E-state index is 12.9. The molecule has 101 heavy (non-hydrogen) atoms. The van der Waals surface area contributed by atoms with Gasteiger partial charge in [0.25, 0.3) is 17.7 Å². The van der Waals surface area contributed by atoms with E-state index in [4.69, 9.17) is 43.4 Å². The quantitative estimate of drug-likeness (QED) is 0.0512. The minimum Gasteiger partial charge on any atom is -0.379 e. The first-order chi connectivity index (χ1) is 47.9. The smallest absolute Gasteiger partial charge is 0.333 e. The van der Waals surface area contributed by atoms with Crippen molar-refractivity contribution in [3.8, 4) is 130 Å². The van der Waals surface area contributed by atoms with Crippen LogP contribution in [0.25, 0.3) is 0 Å². The zero-order valence-electron chi connectivity index (χ0n) is 53.2. The van der Waals surface area contributed by atoms with Gasteiger partial charge < -0.3 is 36.0 Å². The van der Waals surface area contributed by atoms with Gasteiger partial charge in [-0.3, -0.25) is 19.4 Å². The number of halogens is 7. The molecule has 31 heteroatoms. The minimum atomic E-state index is -2.92. The van der Waals surface area contributed by atoms with Crippen LogP contribution in [-0.2, 0) is 25.4 Å². The summed E-state index contributed by atoms with van der Waals surface area (Å²) in [7, 11) is 1.40. The number of alkyl halides is 4. The van der Waals surface area contributed by atoms with Crippen LogP contribution in [0.3, 0.4) is 0 Å². The highest BCUT2D eigenvalue weighted by atomic mass is 35.5. The molecule has 0 spiro atoms. The Labute approximate surface area is 615 Å². The summed E-state index contributed by atoms with van der Waals surface area (Å²) in [6, 6.07) is 14.6. The van der Waals surface area contributed by atoms with E-state index in [9.17, 15) is 31.9 Å². The van der Waals surface area contributed by atoms with Gasteiger partial charge in [-0.15, -0.1) is 35.1 Å². The van der Waals surface area contributed by atoms with Gasteiger partial charge in [0.05, 0.1) is 55.0 Å².